The van der Waals surface area contributed by atoms with Crippen molar-refractivity contribution in [1.82, 2.24) is 0 Å². The molecule has 16 heavy (non-hydrogen) atoms. The fourth-order valence-corrected chi connectivity index (χ4v) is 1.23. The maximum Gasteiger partial charge on any atom is 0.327 e. The minimum Gasteiger partial charge on any atom is -0.465 e. The highest BCUT2D eigenvalue weighted by atomic mass is 19.1. The van der Waals surface area contributed by atoms with Crippen LogP contribution >= 0.6 is 0 Å². The fraction of sp³-hybridized carbons (Fsp3) is 0.273. The number of nitrogens with zero attached hydrogens (tertiary/aromatic N) is 1. The monoisotopic (exact) mass is 225 g/mol. The quantitative estimate of drug-likeness (QED) is 0.740. The van der Waals surface area contributed by atoms with E-state index in [9.17, 15) is 13.6 Å². The van der Waals surface area contributed by atoms with Gasteiger partial charge in [-0.1, -0.05) is 0 Å². The second kappa shape index (κ2) is 5.21. The Bertz CT molecular complexity index is 420. The Morgan fingerprint density at radius 1 is 1.44 bits per heavy atom. The molecule has 0 bridgehead atoms. The molecule has 0 unspecified atom stereocenters. The topological polar surface area (TPSA) is 50.1 Å². The van der Waals surface area contributed by atoms with Crippen LogP contribution in [0.2, 0.25) is 0 Å². The molecule has 1 atom stereocenters. The molecule has 1 rings (SSSR count). The maximum absolute atomic E-state index is 12.9. The van der Waals surface area contributed by atoms with Crippen LogP contribution < -0.4 is 0 Å². The highest BCUT2D eigenvalue weighted by Gasteiger charge is 2.22. The first-order valence-electron chi connectivity index (χ1n) is 4.60. The van der Waals surface area contributed by atoms with Gasteiger partial charge in [0.2, 0.25) is 0 Å². The van der Waals surface area contributed by atoms with E-state index in [1.54, 1.807) is 13.0 Å². The molecular formula is C11H9F2NO2. The van der Waals surface area contributed by atoms with Crippen LogP contribution in [0.1, 0.15) is 18.4 Å². The zero-order valence-corrected chi connectivity index (χ0v) is 8.54. The molecule has 1 aromatic carbocycles. The van der Waals surface area contributed by atoms with E-state index >= 15 is 0 Å². The Labute approximate surface area is 91.3 Å². The minimum absolute atomic E-state index is 0.0431. The molecule has 0 aliphatic rings. The normalized spacial score (nSPS) is 11.6. The van der Waals surface area contributed by atoms with Crippen molar-refractivity contribution in [2.75, 3.05) is 6.61 Å². The molecule has 0 fully saturated rings. The SMILES string of the molecule is CCOC(=O)[C@@H](C#N)c1cc(F)cc(F)c1. The van der Waals surface area contributed by atoms with Crippen molar-refractivity contribution >= 4 is 5.97 Å². The van der Waals surface area contributed by atoms with Crippen molar-refractivity contribution in [2.24, 2.45) is 0 Å². The van der Waals surface area contributed by atoms with E-state index in [0.717, 1.165) is 12.1 Å². The maximum atomic E-state index is 12.9. The van der Waals surface area contributed by atoms with Crippen LogP contribution in [0.3, 0.4) is 0 Å². The predicted molar refractivity (Wildman–Crippen MR) is 51.3 cm³/mol. The summed E-state index contributed by atoms with van der Waals surface area (Å²) in [7, 11) is 0. The number of halogens is 2. The standard InChI is InChI=1S/C11H9F2NO2/c1-2-16-11(15)10(6-14)7-3-8(12)5-9(13)4-7/h3-5,10H,2H2,1H3/t10-/m0/s1. The Kier molecular flexibility index (Phi) is 3.95. The van der Waals surface area contributed by atoms with Crippen LogP contribution in [0.25, 0.3) is 0 Å². The summed E-state index contributed by atoms with van der Waals surface area (Å²) >= 11 is 0. The molecule has 0 spiro atoms. The fourth-order valence-electron chi connectivity index (χ4n) is 1.23. The van der Waals surface area contributed by atoms with Gasteiger partial charge >= 0.3 is 5.97 Å². The molecule has 0 N–H and O–H groups in total. The summed E-state index contributed by atoms with van der Waals surface area (Å²) in [5, 5.41) is 8.76. The molecule has 0 amide bonds. The molecule has 0 radical (unpaired) electrons. The number of nitriles is 1. The number of carbonyl (C=O) groups excluding carboxylic acids is 1. The van der Waals surface area contributed by atoms with Crippen LogP contribution in [0.4, 0.5) is 8.78 Å². The van der Waals surface area contributed by atoms with E-state index in [-0.39, 0.29) is 12.2 Å². The summed E-state index contributed by atoms with van der Waals surface area (Å²) in [5.74, 6) is -3.78. The summed E-state index contributed by atoms with van der Waals surface area (Å²) in [6.45, 7) is 1.69. The third-order valence-corrected chi connectivity index (χ3v) is 1.87. The molecular weight excluding hydrogens is 216 g/mol. The number of ether oxygens (including phenoxy) is 1. The average molecular weight is 225 g/mol. The van der Waals surface area contributed by atoms with Gasteiger partial charge in [-0.2, -0.15) is 5.26 Å². The second-order valence-corrected chi connectivity index (χ2v) is 3.02. The zero-order chi connectivity index (χ0) is 12.1. The third kappa shape index (κ3) is 2.76. The first-order chi connectivity index (χ1) is 7.58. The van der Waals surface area contributed by atoms with Gasteiger partial charge in [-0.05, 0) is 24.6 Å². The molecule has 0 saturated heterocycles. The highest BCUT2D eigenvalue weighted by molar-refractivity contribution is 5.81. The zero-order valence-electron chi connectivity index (χ0n) is 8.54. The lowest BCUT2D eigenvalue weighted by molar-refractivity contribution is -0.143. The number of rotatable bonds is 3. The van der Waals surface area contributed by atoms with Crippen molar-refractivity contribution in [1.29, 1.82) is 5.26 Å². The molecule has 1 aromatic rings. The minimum atomic E-state index is -1.30. The van der Waals surface area contributed by atoms with E-state index in [1.165, 1.54) is 0 Å². The van der Waals surface area contributed by atoms with Gasteiger partial charge in [0, 0.05) is 6.07 Å². The average Bonchev–Trinajstić information content (AvgIpc) is 2.17. The van der Waals surface area contributed by atoms with Crippen molar-refractivity contribution < 1.29 is 18.3 Å². The number of esters is 1. The molecule has 0 saturated carbocycles. The Morgan fingerprint density at radius 2 is 2.00 bits per heavy atom. The molecule has 84 valence electrons. The predicted octanol–water partition coefficient (Wildman–Crippen LogP) is 2.14. The largest absolute Gasteiger partial charge is 0.465 e. The molecule has 0 aliphatic heterocycles. The molecule has 5 heteroatoms. The number of carbonyl (C=O) groups is 1. The summed E-state index contributed by atoms with van der Waals surface area (Å²) in [6.07, 6.45) is 0. The van der Waals surface area contributed by atoms with E-state index in [2.05, 4.69) is 4.74 Å². The van der Waals surface area contributed by atoms with Gasteiger partial charge in [0.15, 0.2) is 5.92 Å². The van der Waals surface area contributed by atoms with Gasteiger partial charge in [0.25, 0.3) is 0 Å². The first-order valence-corrected chi connectivity index (χ1v) is 4.60. The molecule has 3 nitrogen and oxygen atoms in total. The Hall–Kier alpha value is -1.96. The van der Waals surface area contributed by atoms with Crippen molar-refractivity contribution in [3.8, 4) is 6.07 Å². The van der Waals surface area contributed by atoms with Gasteiger partial charge in [0.05, 0.1) is 12.7 Å². The van der Waals surface area contributed by atoms with Crippen LogP contribution in [-0.2, 0) is 9.53 Å². The van der Waals surface area contributed by atoms with Gasteiger partial charge < -0.3 is 4.74 Å². The lowest BCUT2D eigenvalue weighted by Crippen LogP contribution is -2.14. The van der Waals surface area contributed by atoms with E-state index in [4.69, 9.17) is 5.26 Å². The molecule has 0 aliphatic carbocycles. The smallest absolute Gasteiger partial charge is 0.327 e. The number of benzene rings is 1. The Balaban J connectivity index is 3.05. The lowest BCUT2D eigenvalue weighted by atomic mass is 10.0. The van der Waals surface area contributed by atoms with Gasteiger partial charge in [0.1, 0.15) is 11.6 Å². The van der Waals surface area contributed by atoms with Gasteiger partial charge in [-0.3, -0.25) is 4.79 Å². The summed E-state index contributed by atoms with van der Waals surface area (Å²) in [6, 6.07) is 4.20. The van der Waals surface area contributed by atoms with Crippen molar-refractivity contribution in [2.45, 2.75) is 12.8 Å². The van der Waals surface area contributed by atoms with Crippen LogP contribution in [0.5, 0.6) is 0 Å². The molecule has 0 aromatic heterocycles. The second-order valence-electron chi connectivity index (χ2n) is 3.02. The van der Waals surface area contributed by atoms with Crippen LogP contribution in [-0.4, -0.2) is 12.6 Å². The summed E-state index contributed by atoms with van der Waals surface area (Å²) in [4.78, 5) is 11.3. The van der Waals surface area contributed by atoms with E-state index < -0.39 is 23.5 Å². The van der Waals surface area contributed by atoms with Gasteiger partial charge in [-0.25, -0.2) is 8.78 Å². The van der Waals surface area contributed by atoms with E-state index in [0.29, 0.717) is 6.07 Å². The lowest BCUT2D eigenvalue weighted by Gasteiger charge is -2.08. The van der Waals surface area contributed by atoms with Crippen molar-refractivity contribution in [3.05, 3.63) is 35.4 Å². The Morgan fingerprint density at radius 3 is 2.44 bits per heavy atom. The van der Waals surface area contributed by atoms with Crippen molar-refractivity contribution in [3.63, 3.8) is 0 Å². The third-order valence-electron chi connectivity index (χ3n) is 1.87. The summed E-state index contributed by atoms with van der Waals surface area (Å²) in [5.41, 5.74) is -0.0431. The number of hydrogen-bond acceptors (Lipinski definition) is 3. The molecule has 0 heterocycles. The first kappa shape index (κ1) is 12.1. The number of hydrogen-bond donors (Lipinski definition) is 0. The van der Waals surface area contributed by atoms with Crippen LogP contribution in [0.15, 0.2) is 18.2 Å². The highest BCUT2D eigenvalue weighted by Crippen LogP contribution is 2.19. The summed E-state index contributed by atoms with van der Waals surface area (Å²) < 4.78 is 30.4. The van der Waals surface area contributed by atoms with Crippen LogP contribution in [0, 0.1) is 23.0 Å². The van der Waals surface area contributed by atoms with Gasteiger partial charge in [-0.15, -0.1) is 0 Å². The van der Waals surface area contributed by atoms with E-state index in [1.807, 2.05) is 0 Å².